The Morgan fingerprint density at radius 3 is 2.73 bits per heavy atom. The molecule has 118 valence electrons. The molecule has 1 aromatic heterocycles. The summed E-state index contributed by atoms with van der Waals surface area (Å²) in [6.45, 7) is 4.57. The summed E-state index contributed by atoms with van der Waals surface area (Å²) in [4.78, 5) is 2.37. The predicted molar refractivity (Wildman–Crippen MR) is 85.3 cm³/mol. The second kappa shape index (κ2) is 6.10. The first-order chi connectivity index (χ1) is 10.6. The van der Waals surface area contributed by atoms with Crippen molar-refractivity contribution in [3.63, 3.8) is 0 Å². The molecule has 1 saturated heterocycles. The molecular formula is C17H23N3O2. The molecule has 22 heavy (non-hydrogen) atoms. The van der Waals surface area contributed by atoms with Gasteiger partial charge in [-0.05, 0) is 49.6 Å². The van der Waals surface area contributed by atoms with Gasteiger partial charge >= 0.3 is 0 Å². The minimum atomic E-state index is -0.518. The average molecular weight is 301 g/mol. The molecule has 0 bridgehead atoms. The van der Waals surface area contributed by atoms with Gasteiger partial charge in [-0.15, -0.1) is 0 Å². The maximum Gasteiger partial charge on any atom is 0.119 e. The van der Waals surface area contributed by atoms with Crippen molar-refractivity contribution in [1.82, 2.24) is 14.7 Å². The highest BCUT2D eigenvalue weighted by molar-refractivity contribution is 5.45. The van der Waals surface area contributed by atoms with E-state index in [4.69, 9.17) is 4.74 Å². The van der Waals surface area contributed by atoms with Crippen molar-refractivity contribution in [1.29, 1.82) is 0 Å². The van der Waals surface area contributed by atoms with E-state index >= 15 is 0 Å². The Bertz CT molecular complexity index is 613. The van der Waals surface area contributed by atoms with Gasteiger partial charge in [0.2, 0.25) is 0 Å². The molecule has 0 saturated carbocycles. The van der Waals surface area contributed by atoms with E-state index in [2.05, 4.69) is 16.1 Å². The fourth-order valence-corrected chi connectivity index (χ4v) is 2.88. The number of rotatable bonds is 4. The fraction of sp³-hybridized carbons (Fsp3) is 0.471. The lowest BCUT2D eigenvalue weighted by Crippen LogP contribution is -2.42. The highest BCUT2D eigenvalue weighted by atomic mass is 16.5. The third-order valence-corrected chi connectivity index (χ3v) is 4.37. The molecule has 1 aliphatic rings. The Balaban J connectivity index is 1.82. The van der Waals surface area contributed by atoms with Gasteiger partial charge in [-0.1, -0.05) is 0 Å². The molecule has 1 N–H and O–H groups in total. The molecule has 0 aliphatic carbocycles. The number of nitrogens with zero attached hydrogens (tertiary/aromatic N) is 3. The van der Waals surface area contributed by atoms with Crippen molar-refractivity contribution in [3.05, 3.63) is 42.2 Å². The van der Waals surface area contributed by atoms with Crippen LogP contribution in [0.25, 0.3) is 5.69 Å². The van der Waals surface area contributed by atoms with Crippen molar-refractivity contribution in [2.75, 3.05) is 20.2 Å². The van der Waals surface area contributed by atoms with Crippen molar-refractivity contribution >= 4 is 0 Å². The Morgan fingerprint density at radius 1 is 1.32 bits per heavy atom. The minimum absolute atomic E-state index is 0.518. The van der Waals surface area contributed by atoms with E-state index < -0.39 is 5.60 Å². The van der Waals surface area contributed by atoms with E-state index in [-0.39, 0.29) is 0 Å². The van der Waals surface area contributed by atoms with Crippen LogP contribution in [-0.2, 0) is 6.54 Å². The first kappa shape index (κ1) is 15.1. The SMILES string of the molecule is COc1ccc(-n2cccn2)c(CN2CCC(C)(O)CC2)c1. The number of piperidine rings is 1. The van der Waals surface area contributed by atoms with Crippen LogP contribution < -0.4 is 4.74 Å². The summed E-state index contributed by atoms with van der Waals surface area (Å²) in [7, 11) is 1.69. The van der Waals surface area contributed by atoms with Gasteiger partial charge in [0.15, 0.2) is 0 Å². The molecule has 1 aliphatic heterocycles. The molecule has 0 amide bonds. The van der Waals surface area contributed by atoms with Gasteiger partial charge in [0, 0.05) is 32.0 Å². The van der Waals surface area contributed by atoms with E-state index in [1.54, 1.807) is 13.3 Å². The normalized spacial score (nSPS) is 18.3. The van der Waals surface area contributed by atoms with Gasteiger partial charge in [0.05, 0.1) is 18.4 Å². The molecule has 2 heterocycles. The lowest BCUT2D eigenvalue weighted by atomic mass is 9.93. The lowest BCUT2D eigenvalue weighted by molar-refractivity contribution is -0.00731. The monoisotopic (exact) mass is 301 g/mol. The molecule has 0 radical (unpaired) electrons. The summed E-state index contributed by atoms with van der Waals surface area (Å²) in [6, 6.07) is 8.00. The van der Waals surface area contributed by atoms with Crippen LogP contribution in [-0.4, -0.2) is 45.6 Å². The van der Waals surface area contributed by atoms with Crippen LogP contribution >= 0.6 is 0 Å². The van der Waals surface area contributed by atoms with Crippen molar-refractivity contribution < 1.29 is 9.84 Å². The van der Waals surface area contributed by atoms with Crippen LogP contribution in [0, 0.1) is 0 Å². The second-order valence-electron chi connectivity index (χ2n) is 6.22. The van der Waals surface area contributed by atoms with Gasteiger partial charge in [0.1, 0.15) is 5.75 Å². The number of ether oxygens (including phenoxy) is 1. The highest BCUT2D eigenvalue weighted by Crippen LogP contribution is 2.26. The average Bonchev–Trinajstić information content (AvgIpc) is 3.03. The summed E-state index contributed by atoms with van der Waals surface area (Å²) >= 11 is 0. The summed E-state index contributed by atoms with van der Waals surface area (Å²) in [5.41, 5.74) is 1.74. The van der Waals surface area contributed by atoms with Gasteiger partial charge in [0.25, 0.3) is 0 Å². The van der Waals surface area contributed by atoms with Crippen LogP contribution in [0.3, 0.4) is 0 Å². The Kier molecular flexibility index (Phi) is 4.18. The third-order valence-electron chi connectivity index (χ3n) is 4.37. The van der Waals surface area contributed by atoms with Crippen molar-refractivity contribution in [2.24, 2.45) is 0 Å². The fourth-order valence-electron chi connectivity index (χ4n) is 2.88. The number of likely N-dealkylation sites (tertiary alicyclic amines) is 1. The molecule has 0 unspecified atom stereocenters. The van der Waals surface area contributed by atoms with Crippen molar-refractivity contribution in [3.8, 4) is 11.4 Å². The topological polar surface area (TPSA) is 50.5 Å². The van der Waals surface area contributed by atoms with Gasteiger partial charge in [-0.2, -0.15) is 5.10 Å². The van der Waals surface area contributed by atoms with E-state index in [0.29, 0.717) is 0 Å². The number of methoxy groups -OCH3 is 1. The molecule has 0 atom stereocenters. The first-order valence-corrected chi connectivity index (χ1v) is 7.69. The zero-order valence-electron chi connectivity index (χ0n) is 13.2. The second-order valence-corrected chi connectivity index (χ2v) is 6.22. The summed E-state index contributed by atoms with van der Waals surface area (Å²) in [5.74, 6) is 0.856. The van der Waals surface area contributed by atoms with Gasteiger partial charge in [-0.25, -0.2) is 4.68 Å². The van der Waals surface area contributed by atoms with E-state index in [1.807, 2.05) is 36.0 Å². The van der Waals surface area contributed by atoms with Crippen LogP contribution in [0.5, 0.6) is 5.75 Å². The molecule has 0 spiro atoms. The van der Waals surface area contributed by atoms with E-state index in [9.17, 15) is 5.11 Å². The minimum Gasteiger partial charge on any atom is -0.497 e. The largest absolute Gasteiger partial charge is 0.497 e. The Morgan fingerprint density at radius 2 is 2.09 bits per heavy atom. The summed E-state index contributed by atoms with van der Waals surface area (Å²) in [5, 5.41) is 14.4. The van der Waals surface area contributed by atoms with Crippen LogP contribution in [0.15, 0.2) is 36.7 Å². The van der Waals surface area contributed by atoms with Crippen molar-refractivity contribution in [2.45, 2.75) is 31.9 Å². The molecule has 5 heteroatoms. The molecule has 1 fully saturated rings. The summed E-state index contributed by atoms with van der Waals surface area (Å²) < 4.78 is 7.25. The quantitative estimate of drug-likeness (QED) is 0.941. The third kappa shape index (κ3) is 3.31. The Hall–Kier alpha value is -1.85. The maximum atomic E-state index is 10.1. The molecule has 5 nitrogen and oxygen atoms in total. The van der Waals surface area contributed by atoms with Crippen LogP contribution in [0.2, 0.25) is 0 Å². The summed E-state index contributed by atoms with van der Waals surface area (Å²) in [6.07, 6.45) is 5.36. The smallest absolute Gasteiger partial charge is 0.119 e. The number of hydrogen-bond acceptors (Lipinski definition) is 4. The van der Waals surface area contributed by atoms with Gasteiger partial charge < -0.3 is 9.84 Å². The molecular weight excluding hydrogens is 278 g/mol. The lowest BCUT2D eigenvalue weighted by Gasteiger charge is -2.36. The van der Waals surface area contributed by atoms with Gasteiger partial charge in [-0.3, -0.25) is 4.90 Å². The standard InChI is InChI=1S/C17H23N3O2/c1-17(21)6-10-19(11-7-17)13-14-12-15(22-2)4-5-16(14)20-9-3-8-18-20/h3-5,8-9,12,21H,6-7,10-11,13H2,1-2H3. The molecule has 2 aromatic rings. The zero-order chi connectivity index (χ0) is 15.6. The zero-order valence-corrected chi connectivity index (χ0v) is 13.2. The first-order valence-electron chi connectivity index (χ1n) is 7.69. The number of aliphatic hydroxyl groups is 1. The van der Waals surface area contributed by atoms with Crippen LogP contribution in [0.4, 0.5) is 0 Å². The highest BCUT2D eigenvalue weighted by Gasteiger charge is 2.27. The van der Waals surface area contributed by atoms with E-state index in [1.165, 1.54) is 5.56 Å². The maximum absolute atomic E-state index is 10.1. The Labute approximate surface area is 131 Å². The predicted octanol–water partition coefficient (Wildman–Crippen LogP) is 2.23. The van der Waals surface area contributed by atoms with Crippen LogP contribution in [0.1, 0.15) is 25.3 Å². The van der Waals surface area contributed by atoms with E-state index in [0.717, 1.165) is 43.9 Å². The molecule has 3 rings (SSSR count). The molecule has 1 aromatic carbocycles. The number of aromatic nitrogens is 2. The number of benzene rings is 1. The number of hydrogen-bond donors (Lipinski definition) is 1.